The molecule has 1 aliphatic rings. The highest BCUT2D eigenvalue weighted by atomic mass is 35.5. The maximum Gasteiger partial charge on any atom is 0.222 e. The van der Waals surface area contributed by atoms with Crippen LogP contribution in [0.3, 0.4) is 0 Å². The molecule has 23 heavy (non-hydrogen) atoms. The quantitative estimate of drug-likeness (QED) is 0.831. The lowest BCUT2D eigenvalue weighted by Gasteiger charge is -2.33. The number of hydrogen-bond acceptors (Lipinski definition) is 5. The van der Waals surface area contributed by atoms with Crippen LogP contribution in [0, 0.1) is 0 Å². The van der Waals surface area contributed by atoms with Crippen LogP contribution in [0.25, 0.3) is 0 Å². The Morgan fingerprint density at radius 2 is 2.17 bits per heavy atom. The maximum atomic E-state index is 12.3. The molecule has 2 aromatic rings. The van der Waals surface area contributed by atoms with Crippen LogP contribution in [0.15, 0.2) is 30.6 Å². The molecule has 0 radical (unpaired) electrons. The van der Waals surface area contributed by atoms with Crippen LogP contribution in [-0.2, 0) is 16.1 Å². The zero-order valence-electron chi connectivity index (χ0n) is 12.6. The van der Waals surface area contributed by atoms with Crippen LogP contribution < -0.4 is 0 Å². The fourth-order valence-electron chi connectivity index (χ4n) is 2.59. The van der Waals surface area contributed by atoms with Gasteiger partial charge in [-0.2, -0.15) is 0 Å². The second kappa shape index (κ2) is 7.52. The zero-order chi connectivity index (χ0) is 16.1. The predicted octanol–water partition coefficient (Wildman–Crippen LogP) is 1.71. The molecule has 8 heteroatoms. The number of tetrazole rings is 1. The first-order chi connectivity index (χ1) is 11.2. The maximum absolute atomic E-state index is 12.3. The molecule has 1 aromatic heterocycles. The Labute approximate surface area is 139 Å². The molecule has 0 bridgehead atoms. The highest BCUT2D eigenvalue weighted by Gasteiger charge is 2.25. The number of hydrogen-bond donors (Lipinski definition) is 0. The van der Waals surface area contributed by atoms with Gasteiger partial charge in [0.25, 0.3) is 0 Å². The zero-order valence-corrected chi connectivity index (χ0v) is 13.4. The van der Waals surface area contributed by atoms with Crippen molar-refractivity contribution in [1.82, 2.24) is 25.1 Å². The summed E-state index contributed by atoms with van der Waals surface area (Å²) in [6.45, 7) is 2.40. The van der Waals surface area contributed by atoms with Crippen molar-refractivity contribution < 1.29 is 9.53 Å². The summed E-state index contributed by atoms with van der Waals surface area (Å²) in [5.41, 5.74) is 1.04. The van der Waals surface area contributed by atoms with E-state index < -0.39 is 0 Å². The van der Waals surface area contributed by atoms with Gasteiger partial charge in [0, 0.05) is 24.5 Å². The molecule has 122 valence electrons. The summed E-state index contributed by atoms with van der Waals surface area (Å²) >= 11 is 5.91. The second-order valence-corrected chi connectivity index (χ2v) is 5.86. The molecular weight excluding hydrogens is 318 g/mol. The van der Waals surface area contributed by atoms with Crippen molar-refractivity contribution in [3.8, 4) is 0 Å². The van der Waals surface area contributed by atoms with Crippen LogP contribution in [0.1, 0.15) is 24.5 Å². The van der Waals surface area contributed by atoms with E-state index >= 15 is 0 Å². The van der Waals surface area contributed by atoms with Crippen LogP contribution in [0.5, 0.6) is 0 Å². The molecule has 1 fully saturated rings. The van der Waals surface area contributed by atoms with E-state index in [1.54, 1.807) is 11.0 Å². The molecule has 0 N–H and O–H groups in total. The highest BCUT2D eigenvalue weighted by Crippen LogP contribution is 2.24. The summed E-state index contributed by atoms with van der Waals surface area (Å²) in [7, 11) is 0. The van der Waals surface area contributed by atoms with Gasteiger partial charge in [-0.3, -0.25) is 4.79 Å². The minimum atomic E-state index is -0.0931. The predicted molar refractivity (Wildman–Crippen MR) is 83.8 cm³/mol. The average molecular weight is 336 g/mol. The van der Waals surface area contributed by atoms with Gasteiger partial charge in [-0.05, 0) is 34.5 Å². The molecule has 0 spiro atoms. The standard InChI is InChI=1S/C15H18ClN5O2/c16-13-5-3-12(4-6-13)14-10-20(8-9-23-14)15(22)2-1-7-21-11-17-18-19-21/h3-6,11,14H,1-2,7-10H2/t14-/m0/s1. The fraction of sp³-hybridized carbons (Fsp3) is 0.467. The first kappa shape index (κ1) is 15.9. The Morgan fingerprint density at radius 3 is 2.91 bits per heavy atom. The van der Waals surface area contributed by atoms with Crippen molar-refractivity contribution in [2.75, 3.05) is 19.7 Å². The average Bonchev–Trinajstić information content (AvgIpc) is 3.09. The summed E-state index contributed by atoms with van der Waals surface area (Å²) in [6.07, 6.45) is 2.65. The van der Waals surface area contributed by atoms with Gasteiger partial charge < -0.3 is 9.64 Å². The fourth-order valence-corrected chi connectivity index (χ4v) is 2.71. The summed E-state index contributed by atoms with van der Waals surface area (Å²) in [5, 5.41) is 11.6. The van der Waals surface area contributed by atoms with E-state index in [-0.39, 0.29) is 12.0 Å². The number of ether oxygens (including phenoxy) is 1. The van der Waals surface area contributed by atoms with Gasteiger partial charge in [-0.1, -0.05) is 23.7 Å². The summed E-state index contributed by atoms with van der Waals surface area (Å²) in [4.78, 5) is 14.2. The molecule has 1 aliphatic heterocycles. The van der Waals surface area contributed by atoms with Crippen molar-refractivity contribution in [3.05, 3.63) is 41.2 Å². The Balaban J connectivity index is 1.51. The van der Waals surface area contributed by atoms with E-state index in [4.69, 9.17) is 16.3 Å². The van der Waals surface area contributed by atoms with E-state index in [1.165, 1.54) is 0 Å². The molecule has 1 amide bonds. The molecule has 7 nitrogen and oxygen atoms in total. The SMILES string of the molecule is O=C(CCCn1cnnn1)N1CCO[C@H](c2ccc(Cl)cc2)C1. The second-order valence-electron chi connectivity index (χ2n) is 5.43. The van der Waals surface area contributed by atoms with Gasteiger partial charge in [-0.15, -0.1) is 5.10 Å². The molecule has 1 saturated heterocycles. The van der Waals surface area contributed by atoms with Gasteiger partial charge >= 0.3 is 0 Å². The third kappa shape index (κ3) is 4.27. The van der Waals surface area contributed by atoms with Crippen molar-refractivity contribution in [2.45, 2.75) is 25.5 Å². The number of amides is 1. The monoisotopic (exact) mass is 335 g/mol. The molecule has 1 atom stereocenters. The van der Waals surface area contributed by atoms with E-state index in [1.807, 2.05) is 29.2 Å². The molecule has 0 saturated carbocycles. The van der Waals surface area contributed by atoms with Crippen molar-refractivity contribution in [2.24, 2.45) is 0 Å². The van der Waals surface area contributed by atoms with Gasteiger partial charge in [0.15, 0.2) is 0 Å². The van der Waals surface area contributed by atoms with Crippen molar-refractivity contribution in [3.63, 3.8) is 0 Å². The lowest BCUT2D eigenvalue weighted by molar-refractivity contribution is -0.139. The smallest absolute Gasteiger partial charge is 0.222 e. The van der Waals surface area contributed by atoms with E-state index in [0.29, 0.717) is 44.1 Å². The number of halogens is 1. The number of nitrogens with zero attached hydrogens (tertiary/aromatic N) is 5. The minimum Gasteiger partial charge on any atom is -0.370 e. The van der Waals surface area contributed by atoms with Crippen LogP contribution in [0.2, 0.25) is 5.02 Å². The highest BCUT2D eigenvalue weighted by molar-refractivity contribution is 6.30. The van der Waals surface area contributed by atoms with Gasteiger partial charge in [0.1, 0.15) is 12.4 Å². The number of aryl methyl sites for hydroxylation is 1. The number of carbonyl (C=O) groups is 1. The lowest BCUT2D eigenvalue weighted by Crippen LogP contribution is -2.42. The number of carbonyl (C=O) groups excluding carboxylic acids is 1. The molecule has 3 rings (SSSR count). The Hall–Kier alpha value is -1.99. The third-order valence-electron chi connectivity index (χ3n) is 3.83. The molecule has 0 aliphatic carbocycles. The lowest BCUT2D eigenvalue weighted by atomic mass is 10.1. The first-order valence-corrected chi connectivity index (χ1v) is 7.96. The van der Waals surface area contributed by atoms with Gasteiger partial charge in [0.05, 0.1) is 13.2 Å². The van der Waals surface area contributed by atoms with Crippen molar-refractivity contribution in [1.29, 1.82) is 0 Å². The molecule has 1 aromatic carbocycles. The number of benzene rings is 1. The largest absolute Gasteiger partial charge is 0.370 e. The Kier molecular flexibility index (Phi) is 5.19. The summed E-state index contributed by atoms with van der Waals surface area (Å²) in [6, 6.07) is 7.57. The third-order valence-corrected chi connectivity index (χ3v) is 4.08. The molecular formula is C15H18ClN5O2. The molecule has 0 unspecified atom stereocenters. The van der Waals surface area contributed by atoms with Crippen molar-refractivity contribution >= 4 is 17.5 Å². The minimum absolute atomic E-state index is 0.0931. The Bertz CT molecular complexity index is 632. The van der Waals surface area contributed by atoms with E-state index in [0.717, 1.165) is 5.56 Å². The number of aromatic nitrogens is 4. The van der Waals surface area contributed by atoms with Crippen LogP contribution in [0.4, 0.5) is 0 Å². The number of rotatable bonds is 5. The number of morpholine rings is 1. The van der Waals surface area contributed by atoms with Crippen LogP contribution >= 0.6 is 11.6 Å². The van der Waals surface area contributed by atoms with Gasteiger partial charge in [0.2, 0.25) is 5.91 Å². The Morgan fingerprint density at radius 1 is 1.35 bits per heavy atom. The van der Waals surface area contributed by atoms with Gasteiger partial charge in [-0.25, -0.2) is 4.68 Å². The first-order valence-electron chi connectivity index (χ1n) is 7.58. The summed E-state index contributed by atoms with van der Waals surface area (Å²) < 4.78 is 7.41. The topological polar surface area (TPSA) is 73.1 Å². The molecule has 2 heterocycles. The van der Waals surface area contributed by atoms with Crippen LogP contribution in [-0.4, -0.2) is 50.7 Å². The van der Waals surface area contributed by atoms with E-state index in [9.17, 15) is 4.79 Å². The normalized spacial score (nSPS) is 18.1. The summed E-state index contributed by atoms with van der Waals surface area (Å²) in [5.74, 6) is 0.139. The van der Waals surface area contributed by atoms with E-state index in [2.05, 4.69) is 15.5 Å².